The second kappa shape index (κ2) is 4.70. The fourth-order valence-electron chi connectivity index (χ4n) is 3.12. The monoisotopic (exact) mass is 311 g/mol. The molecule has 1 unspecified atom stereocenters. The maximum atomic E-state index is 12.3. The van der Waals surface area contributed by atoms with Crippen molar-refractivity contribution in [2.24, 2.45) is 13.0 Å². The van der Waals surface area contributed by atoms with Crippen molar-refractivity contribution in [2.45, 2.75) is 18.9 Å². The van der Waals surface area contributed by atoms with Gasteiger partial charge < -0.3 is 14.8 Å². The molecule has 0 aromatic carbocycles. The van der Waals surface area contributed by atoms with E-state index in [2.05, 4.69) is 26.1 Å². The van der Waals surface area contributed by atoms with Gasteiger partial charge in [-0.2, -0.15) is 0 Å². The number of nitrogens with one attached hydrogen (secondary N) is 1. The summed E-state index contributed by atoms with van der Waals surface area (Å²) in [4.78, 5) is 14.7. The number of aromatic nitrogens is 1. The molecule has 1 N–H and O–H groups in total. The largest absolute Gasteiger partial charge is 0.346 e. The fraction of sp³-hybridized carbons (Fsp3) is 0.615. The molecule has 3 aliphatic heterocycles. The summed E-state index contributed by atoms with van der Waals surface area (Å²) in [5, 5.41) is 3.20. The zero-order chi connectivity index (χ0) is 12.7. The van der Waals surface area contributed by atoms with Crippen molar-refractivity contribution >= 4 is 21.8 Å². The number of carbonyl (C=O) groups is 1. The van der Waals surface area contributed by atoms with Crippen LogP contribution in [0.25, 0.3) is 0 Å². The van der Waals surface area contributed by atoms with Gasteiger partial charge in [-0.1, -0.05) is 0 Å². The highest BCUT2D eigenvalue weighted by Gasteiger charge is 2.35. The minimum atomic E-state index is 0.0435. The first kappa shape index (κ1) is 12.2. The first-order chi connectivity index (χ1) is 8.63. The molecular formula is C13H18BrN3O. The van der Waals surface area contributed by atoms with Crippen molar-refractivity contribution in [1.82, 2.24) is 14.8 Å². The summed E-state index contributed by atoms with van der Waals surface area (Å²) in [5.41, 5.74) is 0.721. The van der Waals surface area contributed by atoms with Crippen LogP contribution in [0.5, 0.6) is 0 Å². The molecule has 0 spiro atoms. The van der Waals surface area contributed by atoms with E-state index in [1.165, 1.54) is 25.9 Å². The number of rotatable bonds is 2. The van der Waals surface area contributed by atoms with E-state index in [0.717, 1.165) is 16.7 Å². The Labute approximate surface area is 115 Å². The van der Waals surface area contributed by atoms with E-state index in [-0.39, 0.29) is 5.91 Å². The van der Waals surface area contributed by atoms with E-state index in [9.17, 15) is 4.79 Å². The third kappa shape index (κ3) is 2.21. The number of hydrogen-bond acceptors (Lipinski definition) is 2. The molecular weight excluding hydrogens is 294 g/mol. The minimum absolute atomic E-state index is 0.0435. The van der Waals surface area contributed by atoms with Crippen molar-refractivity contribution in [2.75, 3.05) is 19.6 Å². The van der Waals surface area contributed by atoms with E-state index in [4.69, 9.17) is 0 Å². The second-order valence-electron chi connectivity index (χ2n) is 5.37. The topological polar surface area (TPSA) is 37.3 Å². The molecule has 1 aromatic heterocycles. The van der Waals surface area contributed by atoms with Gasteiger partial charge in [0, 0.05) is 30.3 Å². The lowest BCUT2D eigenvalue weighted by Crippen LogP contribution is -2.57. The molecule has 3 aliphatic rings. The fourth-order valence-corrected chi connectivity index (χ4v) is 3.64. The zero-order valence-electron chi connectivity index (χ0n) is 10.5. The molecule has 5 heteroatoms. The van der Waals surface area contributed by atoms with Gasteiger partial charge in [0.2, 0.25) is 0 Å². The Kier molecular flexibility index (Phi) is 3.20. The predicted octanol–water partition coefficient (Wildman–Crippen LogP) is 1.61. The summed E-state index contributed by atoms with van der Waals surface area (Å²) in [6.07, 6.45) is 4.36. The van der Waals surface area contributed by atoms with Gasteiger partial charge in [-0.25, -0.2) is 0 Å². The number of amides is 1. The third-order valence-corrected chi connectivity index (χ3v) is 4.61. The van der Waals surface area contributed by atoms with Crippen molar-refractivity contribution < 1.29 is 4.79 Å². The summed E-state index contributed by atoms with van der Waals surface area (Å²) in [7, 11) is 1.90. The molecule has 0 saturated carbocycles. The number of carbonyl (C=O) groups excluding carboxylic acids is 1. The van der Waals surface area contributed by atoms with E-state index in [1.54, 1.807) is 0 Å². The van der Waals surface area contributed by atoms with Crippen LogP contribution < -0.4 is 5.32 Å². The highest BCUT2D eigenvalue weighted by atomic mass is 79.9. The van der Waals surface area contributed by atoms with Crippen LogP contribution in [-0.2, 0) is 7.05 Å². The van der Waals surface area contributed by atoms with Gasteiger partial charge in [0.25, 0.3) is 5.91 Å². The van der Waals surface area contributed by atoms with E-state index < -0.39 is 0 Å². The van der Waals surface area contributed by atoms with Crippen molar-refractivity contribution in [3.63, 3.8) is 0 Å². The smallest absolute Gasteiger partial charge is 0.268 e. The van der Waals surface area contributed by atoms with Crippen LogP contribution in [-0.4, -0.2) is 41.1 Å². The lowest BCUT2D eigenvalue weighted by atomic mass is 9.84. The van der Waals surface area contributed by atoms with Gasteiger partial charge in [-0.15, -0.1) is 0 Å². The Morgan fingerprint density at radius 2 is 2.17 bits per heavy atom. The highest BCUT2D eigenvalue weighted by molar-refractivity contribution is 9.10. The van der Waals surface area contributed by atoms with Gasteiger partial charge in [0.15, 0.2) is 0 Å². The zero-order valence-corrected chi connectivity index (χ0v) is 12.1. The molecule has 18 heavy (non-hydrogen) atoms. The first-order valence-electron chi connectivity index (χ1n) is 6.48. The molecule has 4 rings (SSSR count). The summed E-state index contributed by atoms with van der Waals surface area (Å²) in [6.45, 7) is 3.42. The van der Waals surface area contributed by atoms with E-state index in [1.807, 2.05) is 23.9 Å². The molecule has 1 aromatic rings. The molecule has 3 fully saturated rings. The predicted molar refractivity (Wildman–Crippen MR) is 73.5 cm³/mol. The molecule has 4 heterocycles. The molecule has 1 amide bonds. The Balaban J connectivity index is 1.69. The average Bonchev–Trinajstić information content (AvgIpc) is 2.70. The molecule has 98 valence electrons. The first-order valence-corrected chi connectivity index (χ1v) is 7.28. The number of nitrogens with zero attached hydrogens (tertiary/aromatic N) is 2. The molecule has 3 saturated heterocycles. The van der Waals surface area contributed by atoms with Gasteiger partial charge in [0.1, 0.15) is 5.69 Å². The third-order valence-electron chi connectivity index (χ3n) is 4.18. The number of fused-ring (bicyclic) bond motifs is 3. The standard InChI is InChI=1S/C13H18BrN3O/c1-16-7-10(14)6-12(16)13(18)15-11-8-17-4-2-9(11)3-5-17/h6-7,9,11H,2-5,8H2,1H3,(H,15,18). The molecule has 4 nitrogen and oxygen atoms in total. The minimum Gasteiger partial charge on any atom is -0.346 e. The number of hydrogen-bond donors (Lipinski definition) is 1. The summed E-state index contributed by atoms with van der Waals surface area (Å²) in [5.74, 6) is 0.713. The number of aryl methyl sites for hydroxylation is 1. The number of piperidine rings is 3. The average molecular weight is 312 g/mol. The lowest BCUT2D eigenvalue weighted by Gasteiger charge is -2.44. The van der Waals surface area contributed by atoms with Gasteiger partial charge >= 0.3 is 0 Å². The second-order valence-corrected chi connectivity index (χ2v) is 6.29. The summed E-state index contributed by atoms with van der Waals surface area (Å²) in [6, 6.07) is 2.20. The van der Waals surface area contributed by atoms with Crippen LogP contribution >= 0.6 is 15.9 Å². The highest BCUT2D eigenvalue weighted by Crippen LogP contribution is 2.27. The quantitative estimate of drug-likeness (QED) is 0.901. The van der Waals surface area contributed by atoms with Crippen LogP contribution in [0.2, 0.25) is 0 Å². The van der Waals surface area contributed by atoms with Crippen LogP contribution in [0.15, 0.2) is 16.7 Å². The maximum Gasteiger partial charge on any atom is 0.268 e. The van der Waals surface area contributed by atoms with Crippen molar-refractivity contribution in [3.05, 3.63) is 22.4 Å². The summed E-state index contributed by atoms with van der Waals surface area (Å²) < 4.78 is 2.81. The molecule has 0 radical (unpaired) electrons. The van der Waals surface area contributed by atoms with Crippen LogP contribution in [0, 0.1) is 5.92 Å². The maximum absolute atomic E-state index is 12.3. The van der Waals surface area contributed by atoms with E-state index in [0.29, 0.717) is 12.0 Å². The SMILES string of the molecule is Cn1cc(Br)cc1C(=O)NC1CN2CCC1CC2. The Morgan fingerprint density at radius 3 is 2.67 bits per heavy atom. The molecule has 0 aliphatic carbocycles. The lowest BCUT2D eigenvalue weighted by molar-refractivity contribution is 0.0616. The van der Waals surface area contributed by atoms with Crippen LogP contribution in [0.4, 0.5) is 0 Å². The Morgan fingerprint density at radius 1 is 1.44 bits per heavy atom. The summed E-state index contributed by atoms with van der Waals surface area (Å²) >= 11 is 3.40. The normalized spacial score (nSPS) is 30.4. The molecule has 2 bridgehead atoms. The van der Waals surface area contributed by atoms with Gasteiger partial charge in [-0.05, 0) is 53.8 Å². The van der Waals surface area contributed by atoms with Crippen LogP contribution in [0.3, 0.4) is 0 Å². The van der Waals surface area contributed by atoms with Crippen LogP contribution in [0.1, 0.15) is 23.3 Å². The Bertz CT molecular complexity index is 463. The van der Waals surface area contributed by atoms with E-state index >= 15 is 0 Å². The van der Waals surface area contributed by atoms with Gasteiger partial charge in [-0.3, -0.25) is 4.79 Å². The van der Waals surface area contributed by atoms with Crippen molar-refractivity contribution in [3.8, 4) is 0 Å². The number of halogens is 1. The van der Waals surface area contributed by atoms with Crippen molar-refractivity contribution in [1.29, 1.82) is 0 Å². The Hall–Kier alpha value is -0.810. The molecule has 1 atom stereocenters. The van der Waals surface area contributed by atoms with Gasteiger partial charge in [0.05, 0.1) is 0 Å².